The van der Waals surface area contributed by atoms with Crippen LogP contribution in [0.4, 0.5) is 0 Å². The molecule has 0 amide bonds. The highest BCUT2D eigenvalue weighted by Gasteiger charge is 2.45. The summed E-state index contributed by atoms with van der Waals surface area (Å²) in [6.07, 6.45) is 7.32. The van der Waals surface area contributed by atoms with E-state index in [1.807, 2.05) is 0 Å². The van der Waals surface area contributed by atoms with Crippen LogP contribution in [0.25, 0.3) is 0 Å². The van der Waals surface area contributed by atoms with Gasteiger partial charge >= 0.3 is 0 Å². The zero-order chi connectivity index (χ0) is 14.3. The molecule has 2 aliphatic rings. The van der Waals surface area contributed by atoms with E-state index in [9.17, 15) is 0 Å². The maximum atomic E-state index is 6.45. The van der Waals surface area contributed by atoms with Crippen molar-refractivity contribution in [3.8, 4) is 0 Å². The first kappa shape index (κ1) is 15.3. The summed E-state index contributed by atoms with van der Waals surface area (Å²) in [6.45, 7) is 14.8. The van der Waals surface area contributed by atoms with Crippen molar-refractivity contribution in [2.45, 2.75) is 97.4 Å². The van der Waals surface area contributed by atoms with Crippen molar-refractivity contribution in [1.29, 1.82) is 0 Å². The van der Waals surface area contributed by atoms with Crippen LogP contribution in [0.1, 0.15) is 73.6 Å². The minimum absolute atomic E-state index is 0.0467. The molecule has 0 aromatic carbocycles. The maximum Gasteiger partial charge on any atom is 0.0786 e. The Bertz CT molecular complexity index is 293. The van der Waals surface area contributed by atoms with Crippen LogP contribution in [0.15, 0.2) is 0 Å². The Morgan fingerprint density at radius 3 is 1.89 bits per heavy atom. The van der Waals surface area contributed by atoms with Crippen molar-refractivity contribution in [3.63, 3.8) is 0 Å². The van der Waals surface area contributed by atoms with E-state index in [1.54, 1.807) is 0 Å². The van der Waals surface area contributed by atoms with Crippen LogP contribution in [0, 0.1) is 5.41 Å². The third kappa shape index (κ3) is 3.72. The van der Waals surface area contributed by atoms with Crippen molar-refractivity contribution >= 4 is 0 Å². The molecule has 0 aromatic heterocycles. The van der Waals surface area contributed by atoms with Gasteiger partial charge in [0.1, 0.15) is 0 Å². The lowest BCUT2D eigenvalue weighted by Gasteiger charge is -2.53. The van der Waals surface area contributed by atoms with Crippen molar-refractivity contribution in [2.24, 2.45) is 5.41 Å². The van der Waals surface area contributed by atoms with E-state index in [-0.39, 0.29) is 11.0 Å². The fraction of sp³-hybridized carbons (Fsp3) is 1.00. The summed E-state index contributed by atoms with van der Waals surface area (Å²) in [7, 11) is 0. The number of ether oxygens (including phenoxy) is 1. The average Bonchev–Trinajstić information content (AvgIpc) is 2.64. The Labute approximate surface area is 119 Å². The van der Waals surface area contributed by atoms with Crippen LogP contribution in [0.5, 0.6) is 0 Å². The zero-order valence-corrected chi connectivity index (χ0v) is 13.8. The summed E-state index contributed by atoms with van der Waals surface area (Å²) in [6, 6.07) is 1.48. The average molecular weight is 267 g/mol. The van der Waals surface area contributed by atoms with Gasteiger partial charge in [0.15, 0.2) is 0 Å². The highest BCUT2D eigenvalue weighted by molar-refractivity contribution is 4.99. The summed E-state index contributed by atoms with van der Waals surface area (Å²) in [5, 5.41) is 0. The van der Waals surface area contributed by atoms with Gasteiger partial charge in [-0.15, -0.1) is 0 Å². The number of hydrogen-bond donors (Lipinski definition) is 0. The molecule has 0 N–H and O–H groups in total. The first-order chi connectivity index (χ1) is 8.68. The summed E-state index contributed by atoms with van der Waals surface area (Å²) in [4.78, 5) is 2.74. The van der Waals surface area contributed by atoms with Gasteiger partial charge in [0, 0.05) is 18.6 Å². The van der Waals surface area contributed by atoms with Gasteiger partial charge in [0.2, 0.25) is 0 Å². The second-order valence-corrected chi connectivity index (χ2v) is 8.55. The summed E-state index contributed by atoms with van der Waals surface area (Å²) in [5.74, 6) is 0. The van der Waals surface area contributed by atoms with Gasteiger partial charge in [0.05, 0.1) is 11.7 Å². The smallest absolute Gasteiger partial charge is 0.0786 e. The summed E-state index contributed by atoms with van der Waals surface area (Å²) >= 11 is 0. The molecule has 0 bridgehead atoms. The van der Waals surface area contributed by atoms with E-state index >= 15 is 0 Å². The molecule has 2 rings (SSSR count). The molecule has 1 aliphatic heterocycles. The van der Waals surface area contributed by atoms with Gasteiger partial charge in [0.25, 0.3) is 0 Å². The van der Waals surface area contributed by atoms with Gasteiger partial charge in [-0.3, -0.25) is 4.90 Å². The molecule has 1 aliphatic carbocycles. The molecule has 1 saturated heterocycles. The quantitative estimate of drug-likeness (QED) is 0.758. The Hall–Kier alpha value is -0.0800. The molecule has 0 spiro atoms. The molecular formula is C17H33NO. The second kappa shape index (κ2) is 5.37. The predicted molar refractivity (Wildman–Crippen MR) is 81.4 cm³/mol. The number of hydrogen-bond acceptors (Lipinski definition) is 2. The largest absolute Gasteiger partial charge is 0.370 e. The molecule has 0 radical (unpaired) electrons. The van der Waals surface area contributed by atoms with Crippen LogP contribution in [0.2, 0.25) is 0 Å². The Balaban J connectivity index is 2.06. The molecule has 2 unspecified atom stereocenters. The Morgan fingerprint density at radius 1 is 0.947 bits per heavy atom. The fourth-order valence-electron chi connectivity index (χ4n) is 3.66. The van der Waals surface area contributed by atoms with Gasteiger partial charge in [-0.1, -0.05) is 33.6 Å². The van der Waals surface area contributed by atoms with Gasteiger partial charge in [-0.05, 0) is 45.4 Å². The van der Waals surface area contributed by atoms with Crippen LogP contribution in [0.3, 0.4) is 0 Å². The van der Waals surface area contributed by atoms with Crippen LogP contribution < -0.4 is 0 Å². The van der Waals surface area contributed by atoms with Crippen molar-refractivity contribution in [2.75, 3.05) is 6.54 Å². The summed E-state index contributed by atoms with van der Waals surface area (Å²) < 4.78 is 6.45. The third-order valence-corrected chi connectivity index (χ3v) is 4.59. The van der Waals surface area contributed by atoms with Crippen LogP contribution in [-0.4, -0.2) is 35.2 Å². The van der Waals surface area contributed by atoms with E-state index in [1.165, 1.54) is 38.6 Å². The zero-order valence-electron chi connectivity index (χ0n) is 13.8. The van der Waals surface area contributed by atoms with E-state index in [2.05, 4.69) is 46.4 Å². The minimum atomic E-state index is -0.0467. The first-order valence-electron chi connectivity index (χ1n) is 8.12. The van der Waals surface area contributed by atoms with Gasteiger partial charge in [-0.25, -0.2) is 0 Å². The lowest BCUT2D eigenvalue weighted by atomic mass is 9.78. The number of rotatable bonds is 3. The molecule has 1 saturated carbocycles. The van der Waals surface area contributed by atoms with E-state index < -0.39 is 0 Å². The Morgan fingerprint density at radius 2 is 1.53 bits per heavy atom. The van der Waals surface area contributed by atoms with E-state index in [0.717, 1.165) is 6.04 Å². The lowest BCUT2D eigenvalue weighted by molar-refractivity contribution is -0.166. The van der Waals surface area contributed by atoms with Crippen LogP contribution >= 0.6 is 0 Å². The fourth-order valence-corrected chi connectivity index (χ4v) is 3.66. The molecule has 2 fully saturated rings. The topological polar surface area (TPSA) is 12.5 Å². The molecule has 19 heavy (non-hydrogen) atoms. The number of likely N-dealkylation sites (tertiary alicyclic amines) is 1. The molecule has 2 atom stereocenters. The SMILES string of the molecule is CC(C)(C)OC(C1CCN1C1CCCC1)C(C)(C)C. The molecule has 2 heteroatoms. The third-order valence-electron chi connectivity index (χ3n) is 4.59. The molecular weight excluding hydrogens is 234 g/mol. The normalized spacial score (nSPS) is 28.4. The van der Waals surface area contributed by atoms with Gasteiger partial charge in [-0.2, -0.15) is 0 Å². The highest BCUT2D eigenvalue weighted by Crippen LogP contribution is 2.39. The maximum absolute atomic E-state index is 6.45. The monoisotopic (exact) mass is 267 g/mol. The van der Waals surface area contributed by atoms with E-state index in [4.69, 9.17) is 4.74 Å². The standard InChI is InChI=1S/C17H33NO/c1-16(2,3)15(19-17(4,5)6)14-11-12-18(14)13-9-7-8-10-13/h13-15H,7-12H2,1-6H3. The number of nitrogens with zero attached hydrogens (tertiary/aromatic N) is 1. The van der Waals surface area contributed by atoms with Crippen molar-refractivity contribution in [1.82, 2.24) is 4.90 Å². The van der Waals surface area contributed by atoms with Gasteiger partial charge < -0.3 is 4.74 Å². The van der Waals surface area contributed by atoms with Crippen LogP contribution in [-0.2, 0) is 4.74 Å². The predicted octanol–water partition coefficient (Wildman–Crippen LogP) is 4.23. The molecule has 112 valence electrons. The molecule has 2 nitrogen and oxygen atoms in total. The van der Waals surface area contributed by atoms with Crippen molar-refractivity contribution in [3.05, 3.63) is 0 Å². The highest BCUT2D eigenvalue weighted by atomic mass is 16.5. The summed E-state index contributed by atoms with van der Waals surface area (Å²) in [5.41, 5.74) is 0.171. The minimum Gasteiger partial charge on any atom is -0.370 e. The van der Waals surface area contributed by atoms with E-state index in [0.29, 0.717) is 12.1 Å². The lowest BCUT2D eigenvalue weighted by Crippen LogP contribution is -2.62. The Kier molecular flexibility index (Phi) is 4.32. The molecule has 1 heterocycles. The molecule has 0 aromatic rings. The first-order valence-corrected chi connectivity index (χ1v) is 8.12. The second-order valence-electron chi connectivity index (χ2n) is 8.55. The van der Waals surface area contributed by atoms with Crippen molar-refractivity contribution < 1.29 is 4.74 Å².